The van der Waals surface area contributed by atoms with Crippen LogP contribution in [0.25, 0.3) is 0 Å². The van der Waals surface area contributed by atoms with E-state index in [1.165, 1.54) is 22.5 Å². The second-order valence-electron chi connectivity index (χ2n) is 5.66. The fraction of sp³-hybridized carbons (Fsp3) is 0.533. The molecule has 0 spiro atoms. The first kappa shape index (κ1) is 16.4. The van der Waals surface area contributed by atoms with Crippen LogP contribution in [-0.2, 0) is 19.6 Å². The van der Waals surface area contributed by atoms with Crippen LogP contribution in [0.1, 0.15) is 12.8 Å². The van der Waals surface area contributed by atoms with Crippen molar-refractivity contribution in [2.75, 3.05) is 32.8 Å². The minimum absolute atomic E-state index is 0.0783. The Morgan fingerprint density at radius 1 is 1.17 bits per heavy atom. The lowest BCUT2D eigenvalue weighted by Crippen LogP contribution is -2.52. The predicted molar refractivity (Wildman–Crippen MR) is 80.7 cm³/mol. The quantitative estimate of drug-likeness (QED) is 0.816. The Kier molecular flexibility index (Phi) is 4.65. The lowest BCUT2D eigenvalue weighted by atomic mass is 10.2. The van der Waals surface area contributed by atoms with Crippen molar-refractivity contribution in [1.29, 1.82) is 0 Å². The Morgan fingerprint density at radius 3 is 2.48 bits per heavy atom. The number of carbonyl (C=O) groups excluding carboxylic acids is 1. The second kappa shape index (κ2) is 6.54. The highest BCUT2D eigenvalue weighted by Gasteiger charge is 2.34. The van der Waals surface area contributed by atoms with Gasteiger partial charge < -0.3 is 9.64 Å². The summed E-state index contributed by atoms with van der Waals surface area (Å²) in [6.45, 7) is 1.51. The van der Waals surface area contributed by atoms with E-state index in [0.717, 1.165) is 12.5 Å². The molecule has 2 aliphatic rings. The molecule has 2 heterocycles. The molecule has 6 nitrogen and oxygen atoms in total. The molecular weight excluding hydrogens is 323 g/mol. The van der Waals surface area contributed by atoms with Crippen molar-refractivity contribution < 1.29 is 22.3 Å². The molecule has 2 saturated heterocycles. The first-order valence-corrected chi connectivity index (χ1v) is 9.09. The molecule has 0 saturated carbocycles. The molecule has 0 radical (unpaired) electrons. The van der Waals surface area contributed by atoms with Crippen LogP contribution in [0.2, 0.25) is 0 Å². The summed E-state index contributed by atoms with van der Waals surface area (Å²) in [5, 5.41) is 0. The smallest absolute Gasteiger partial charge is 0.251 e. The van der Waals surface area contributed by atoms with Gasteiger partial charge in [0, 0.05) is 32.8 Å². The average molecular weight is 342 g/mol. The number of benzene rings is 1. The van der Waals surface area contributed by atoms with E-state index in [2.05, 4.69) is 0 Å². The highest BCUT2D eigenvalue weighted by Crippen LogP contribution is 2.21. The minimum Gasteiger partial charge on any atom is -0.368 e. The van der Waals surface area contributed by atoms with Crippen LogP contribution in [0.5, 0.6) is 0 Å². The third-order valence-electron chi connectivity index (χ3n) is 4.21. The van der Waals surface area contributed by atoms with Crippen molar-refractivity contribution in [2.24, 2.45) is 0 Å². The van der Waals surface area contributed by atoms with Gasteiger partial charge in [-0.15, -0.1) is 0 Å². The molecule has 23 heavy (non-hydrogen) atoms. The number of halogens is 1. The Bertz CT molecular complexity index is 680. The van der Waals surface area contributed by atoms with Gasteiger partial charge in [0.25, 0.3) is 5.91 Å². The van der Waals surface area contributed by atoms with Crippen LogP contribution < -0.4 is 0 Å². The van der Waals surface area contributed by atoms with E-state index < -0.39 is 21.9 Å². The lowest BCUT2D eigenvalue weighted by Gasteiger charge is -2.35. The molecule has 0 unspecified atom stereocenters. The molecule has 1 amide bonds. The first-order valence-electron chi connectivity index (χ1n) is 7.65. The van der Waals surface area contributed by atoms with Crippen molar-refractivity contribution in [2.45, 2.75) is 23.8 Å². The Morgan fingerprint density at radius 2 is 1.87 bits per heavy atom. The van der Waals surface area contributed by atoms with Gasteiger partial charge in [0.05, 0.1) is 0 Å². The van der Waals surface area contributed by atoms with E-state index in [0.29, 0.717) is 26.1 Å². The van der Waals surface area contributed by atoms with Gasteiger partial charge in [-0.25, -0.2) is 12.8 Å². The van der Waals surface area contributed by atoms with Crippen molar-refractivity contribution >= 4 is 15.9 Å². The topological polar surface area (TPSA) is 66.9 Å². The molecule has 8 heteroatoms. The summed E-state index contributed by atoms with van der Waals surface area (Å²) in [7, 11) is -3.87. The summed E-state index contributed by atoms with van der Waals surface area (Å²) >= 11 is 0. The summed E-state index contributed by atoms with van der Waals surface area (Å²) < 4.78 is 45.4. The van der Waals surface area contributed by atoms with E-state index in [-0.39, 0.29) is 23.9 Å². The zero-order valence-corrected chi connectivity index (χ0v) is 13.5. The van der Waals surface area contributed by atoms with Gasteiger partial charge in [0.15, 0.2) is 0 Å². The molecule has 0 bridgehead atoms. The van der Waals surface area contributed by atoms with Crippen LogP contribution in [0, 0.1) is 5.82 Å². The number of sulfonamides is 1. The van der Waals surface area contributed by atoms with Crippen LogP contribution in [-0.4, -0.2) is 62.4 Å². The van der Waals surface area contributed by atoms with Gasteiger partial charge in [-0.3, -0.25) is 4.79 Å². The molecule has 0 N–H and O–H groups in total. The van der Waals surface area contributed by atoms with E-state index in [9.17, 15) is 17.6 Å². The number of hydrogen-bond acceptors (Lipinski definition) is 4. The zero-order chi connectivity index (χ0) is 16.4. The molecule has 0 aliphatic carbocycles. The number of piperazine rings is 1. The molecule has 1 atom stereocenters. The van der Waals surface area contributed by atoms with E-state index in [1.807, 2.05) is 0 Å². The van der Waals surface area contributed by atoms with Gasteiger partial charge in [-0.05, 0) is 25.0 Å². The number of carbonyl (C=O) groups is 1. The first-order chi connectivity index (χ1) is 11.0. The zero-order valence-electron chi connectivity index (χ0n) is 12.7. The van der Waals surface area contributed by atoms with E-state index >= 15 is 0 Å². The van der Waals surface area contributed by atoms with Crippen molar-refractivity contribution in [1.82, 2.24) is 9.21 Å². The Labute approximate surface area is 134 Å². The second-order valence-corrected chi connectivity index (χ2v) is 7.57. The molecule has 3 rings (SSSR count). The monoisotopic (exact) mass is 342 g/mol. The molecule has 1 aromatic carbocycles. The predicted octanol–water partition coefficient (Wildman–Crippen LogP) is 0.838. The van der Waals surface area contributed by atoms with Gasteiger partial charge in [0.2, 0.25) is 10.0 Å². The highest BCUT2D eigenvalue weighted by atomic mass is 32.2. The summed E-state index contributed by atoms with van der Waals surface area (Å²) in [5.74, 6) is -0.837. The third-order valence-corrected chi connectivity index (χ3v) is 6.14. The standard InChI is InChI=1S/C15H19FN2O4S/c16-12-4-1-2-6-14(12)23(20,21)18-9-7-17(8-10-18)15(19)13-5-3-11-22-13/h1-2,4,6,13H,3,5,7-11H2/t13-/m1/s1. The number of nitrogens with zero attached hydrogens (tertiary/aromatic N) is 2. The third kappa shape index (κ3) is 3.24. The molecule has 1 aromatic rings. The van der Waals surface area contributed by atoms with Crippen molar-refractivity contribution in [3.8, 4) is 0 Å². The summed E-state index contributed by atoms with van der Waals surface area (Å²) in [4.78, 5) is 13.6. The largest absolute Gasteiger partial charge is 0.368 e. The van der Waals surface area contributed by atoms with Crippen LogP contribution in [0.3, 0.4) is 0 Å². The Hall–Kier alpha value is -1.51. The van der Waals surface area contributed by atoms with Crippen molar-refractivity contribution in [3.05, 3.63) is 30.1 Å². The highest BCUT2D eigenvalue weighted by molar-refractivity contribution is 7.89. The van der Waals surface area contributed by atoms with Crippen LogP contribution >= 0.6 is 0 Å². The SMILES string of the molecule is O=C([C@H]1CCCO1)N1CCN(S(=O)(=O)c2ccccc2F)CC1. The molecule has 126 valence electrons. The molecule has 2 fully saturated rings. The maximum Gasteiger partial charge on any atom is 0.251 e. The Balaban J connectivity index is 1.66. The number of ether oxygens (including phenoxy) is 1. The summed E-state index contributed by atoms with van der Waals surface area (Å²) in [6.07, 6.45) is 1.19. The maximum absolute atomic E-state index is 13.8. The average Bonchev–Trinajstić information content (AvgIpc) is 3.09. The van der Waals surface area contributed by atoms with Gasteiger partial charge in [-0.1, -0.05) is 12.1 Å². The lowest BCUT2D eigenvalue weighted by molar-refractivity contribution is -0.142. The summed E-state index contributed by atoms with van der Waals surface area (Å²) in [6, 6.07) is 5.33. The van der Waals surface area contributed by atoms with E-state index in [4.69, 9.17) is 4.74 Å². The molecular formula is C15H19FN2O4S. The van der Waals surface area contributed by atoms with Crippen LogP contribution in [0.15, 0.2) is 29.2 Å². The normalized spacial score (nSPS) is 23.2. The molecule has 0 aromatic heterocycles. The summed E-state index contributed by atoms with van der Waals surface area (Å²) in [5.41, 5.74) is 0. The van der Waals surface area contributed by atoms with Crippen LogP contribution in [0.4, 0.5) is 4.39 Å². The number of amides is 1. The van der Waals surface area contributed by atoms with Crippen molar-refractivity contribution in [3.63, 3.8) is 0 Å². The fourth-order valence-corrected chi connectivity index (χ4v) is 4.41. The van der Waals surface area contributed by atoms with Gasteiger partial charge >= 0.3 is 0 Å². The molecule has 2 aliphatic heterocycles. The minimum atomic E-state index is -3.87. The van der Waals surface area contributed by atoms with Gasteiger partial charge in [-0.2, -0.15) is 4.31 Å². The fourth-order valence-electron chi connectivity index (χ4n) is 2.92. The van der Waals surface area contributed by atoms with E-state index in [1.54, 1.807) is 4.90 Å². The number of hydrogen-bond donors (Lipinski definition) is 0. The number of rotatable bonds is 3. The maximum atomic E-state index is 13.8. The van der Waals surface area contributed by atoms with Gasteiger partial charge in [0.1, 0.15) is 16.8 Å².